The summed E-state index contributed by atoms with van der Waals surface area (Å²) in [5, 5.41) is 12.9. The van der Waals surface area contributed by atoms with Crippen LogP contribution in [0, 0.1) is 11.3 Å². The Morgan fingerprint density at radius 3 is 2.47 bits per heavy atom. The highest BCUT2D eigenvalue weighted by Gasteiger charge is 2.39. The second-order valence-corrected chi connectivity index (χ2v) is 7.82. The number of likely N-dealkylation sites (N-methyl/N-ethyl adjacent to an activating group) is 1. The third kappa shape index (κ3) is 4.31. The molecule has 4 rings (SSSR count). The number of carbonyl (C=O) groups excluding carboxylic acids is 1. The van der Waals surface area contributed by atoms with Crippen LogP contribution in [-0.4, -0.2) is 19.1 Å². The lowest BCUT2D eigenvalue weighted by Crippen LogP contribution is -2.26. The summed E-state index contributed by atoms with van der Waals surface area (Å²) in [7, 11) is 0. The molecule has 1 N–H and O–H groups in total. The van der Waals surface area contributed by atoms with Crippen molar-refractivity contribution in [1.29, 1.82) is 5.26 Å². The van der Waals surface area contributed by atoms with Crippen molar-refractivity contribution in [3.05, 3.63) is 89.5 Å². The molecule has 2 atom stereocenters. The third-order valence-electron chi connectivity index (χ3n) is 5.83. The molecule has 1 aliphatic rings. The number of benzene rings is 3. The van der Waals surface area contributed by atoms with Crippen LogP contribution in [0.15, 0.2) is 72.8 Å². The van der Waals surface area contributed by atoms with Crippen molar-refractivity contribution < 1.29 is 9.53 Å². The van der Waals surface area contributed by atoms with E-state index in [0.29, 0.717) is 13.0 Å². The van der Waals surface area contributed by atoms with E-state index in [-0.39, 0.29) is 17.9 Å². The van der Waals surface area contributed by atoms with Gasteiger partial charge in [0.1, 0.15) is 5.75 Å². The summed E-state index contributed by atoms with van der Waals surface area (Å²) >= 11 is 0. The zero-order chi connectivity index (χ0) is 22.5. The van der Waals surface area contributed by atoms with Crippen molar-refractivity contribution >= 4 is 17.3 Å². The Bertz CT molecular complexity index is 1120. The normalized spacial score (nSPS) is 16.8. The Hall–Kier alpha value is -3.78. The van der Waals surface area contributed by atoms with Crippen LogP contribution < -0.4 is 15.0 Å². The van der Waals surface area contributed by atoms with Crippen molar-refractivity contribution in [2.45, 2.75) is 32.2 Å². The van der Waals surface area contributed by atoms with E-state index in [2.05, 4.69) is 23.2 Å². The van der Waals surface area contributed by atoms with Gasteiger partial charge in [-0.25, -0.2) is 0 Å². The minimum Gasteiger partial charge on any atom is -0.494 e. The molecule has 0 bridgehead atoms. The molecule has 2 unspecified atom stereocenters. The van der Waals surface area contributed by atoms with E-state index in [1.807, 2.05) is 79.7 Å². The molecule has 1 aliphatic heterocycles. The van der Waals surface area contributed by atoms with Gasteiger partial charge in [0.25, 0.3) is 0 Å². The molecule has 1 amide bonds. The van der Waals surface area contributed by atoms with Crippen molar-refractivity contribution in [2.75, 3.05) is 23.4 Å². The molecular formula is C27H27N3O2. The van der Waals surface area contributed by atoms with Crippen LogP contribution in [0.5, 0.6) is 5.75 Å². The van der Waals surface area contributed by atoms with Gasteiger partial charge in [0, 0.05) is 24.0 Å². The number of ether oxygens (including phenoxy) is 1. The summed E-state index contributed by atoms with van der Waals surface area (Å²) in [6.07, 6.45) is 0.336. The van der Waals surface area contributed by atoms with Crippen molar-refractivity contribution in [3.63, 3.8) is 0 Å². The highest BCUT2D eigenvalue weighted by atomic mass is 16.5. The summed E-state index contributed by atoms with van der Waals surface area (Å²) < 4.78 is 5.68. The average molecular weight is 426 g/mol. The fraction of sp³-hybridized carbons (Fsp3) is 0.259. The second kappa shape index (κ2) is 9.57. The van der Waals surface area contributed by atoms with Crippen LogP contribution in [0.4, 0.5) is 11.4 Å². The average Bonchev–Trinajstić information content (AvgIpc) is 3.13. The smallest absolute Gasteiger partial charge is 0.228 e. The molecule has 3 aromatic carbocycles. The monoisotopic (exact) mass is 425 g/mol. The Morgan fingerprint density at radius 2 is 1.81 bits per heavy atom. The van der Waals surface area contributed by atoms with Gasteiger partial charge in [0.15, 0.2) is 0 Å². The van der Waals surface area contributed by atoms with E-state index >= 15 is 0 Å². The number of nitrogens with zero attached hydrogens (tertiary/aromatic N) is 2. The molecular weight excluding hydrogens is 398 g/mol. The molecule has 0 aliphatic carbocycles. The van der Waals surface area contributed by atoms with Crippen LogP contribution in [0.3, 0.4) is 0 Å². The minimum absolute atomic E-state index is 0.0502. The lowest BCUT2D eigenvalue weighted by Gasteiger charge is -2.28. The Balaban J connectivity index is 1.53. The van der Waals surface area contributed by atoms with Gasteiger partial charge in [-0.3, -0.25) is 4.79 Å². The number of nitrogens with one attached hydrogen (secondary N) is 1. The number of nitriles is 1. The van der Waals surface area contributed by atoms with E-state index in [1.165, 1.54) is 0 Å². The molecule has 0 radical (unpaired) electrons. The van der Waals surface area contributed by atoms with Crippen LogP contribution in [0.25, 0.3) is 0 Å². The first-order chi connectivity index (χ1) is 15.6. The maximum atomic E-state index is 12.4. The van der Waals surface area contributed by atoms with Crippen LogP contribution in [0.2, 0.25) is 0 Å². The van der Waals surface area contributed by atoms with Gasteiger partial charge in [-0.15, -0.1) is 0 Å². The Labute approximate surface area is 189 Å². The fourth-order valence-corrected chi connectivity index (χ4v) is 4.42. The number of hydrogen-bond acceptors (Lipinski definition) is 4. The molecule has 162 valence electrons. The van der Waals surface area contributed by atoms with Crippen LogP contribution >= 0.6 is 0 Å². The summed E-state index contributed by atoms with van der Waals surface area (Å²) in [4.78, 5) is 14.6. The van der Waals surface area contributed by atoms with Gasteiger partial charge < -0.3 is 15.0 Å². The Kier molecular flexibility index (Phi) is 6.42. The lowest BCUT2D eigenvalue weighted by atomic mass is 9.91. The number of rotatable bonds is 7. The standard InChI is InChI=1S/C27H27N3O2/c1-3-30-25-17-22(32-4-2)14-15-23(25)24(18-28)27(30)20-10-12-21(13-11-20)29-26(31)16-19-8-6-5-7-9-19/h5-15,17,24,27H,3-4,16H2,1-2H3,(H,29,31). The molecule has 3 aromatic rings. The van der Waals surface area contributed by atoms with Crippen molar-refractivity contribution in [3.8, 4) is 11.8 Å². The number of amides is 1. The SMILES string of the molecule is CCOc1ccc2c(c1)N(CC)C(c1ccc(NC(=O)Cc3ccccc3)cc1)C2C#N. The van der Waals surface area contributed by atoms with Crippen molar-refractivity contribution in [1.82, 2.24) is 0 Å². The first kappa shape index (κ1) is 21.5. The second-order valence-electron chi connectivity index (χ2n) is 7.82. The number of carbonyl (C=O) groups is 1. The first-order valence-electron chi connectivity index (χ1n) is 11.0. The maximum absolute atomic E-state index is 12.4. The van der Waals surface area contributed by atoms with Gasteiger partial charge in [-0.1, -0.05) is 48.5 Å². The summed E-state index contributed by atoms with van der Waals surface area (Å²) in [5.41, 5.74) is 4.86. The van der Waals surface area contributed by atoms with Crippen molar-refractivity contribution in [2.24, 2.45) is 0 Å². The van der Waals surface area contributed by atoms with Gasteiger partial charge in [0.2, 0.25) is 5.91 Å². The predicted octanol–water partition coefficient (Wildman–Crippen LogP) is 5.45. The molecule has 5 nitrogen and oxygen atoms in total. The van der Waals surface area contributed by atoms with Crippen LogP contribution in [-0.2, 0) is 11.2 Å². The molecule has 1 heterocycles. The minimum atomic E-state index is -0.265. The Morgan fingerprint density at radius 1 is 1.06 bits per heavy atom. The predicted molar refractivity (Wildman–Crippen MR) is 127 cm³/mol. The van der Waals surface area contributed by atoms with Crippen LogP contribution in [0.1, 0.15) is 42.5 Å². The first-order valence-corrected chi connectivity index (χ1v) is 11.0. The maximum Gasteiger partial charge on any atom is 0.228 e. The zero-order valence-corrected chi connectivity index (χ0v) is 18.4. The van der Waals surface area contributed by atoms with E-state index in [0.717, 1.165) is 40.4 Å². The van der Waals surface area contributed by atoms with Gasteiger partial charge in [0.05, 0.1) is 31.1 Å². The fourth-order valence-electron chi connectivity index (χ4n) is 4.42. The molecule has 0 saturated carbocycles. The lowest BCUT2D eigenvalue weighted by molar-refractivity contribution is -0.115. The number of hydrogen-bond donors (Lipinski definition) is 1. The van der Waals surface area contributed by atoms with Gasteiger partial charge >= 0.3 is 0 Å². The summed E-state index contributed by atoms with van der Waals surface area (Å²) in [6, 6.07) is 25.9. The highest BCUT2D eigenvalue weighted by molar-refractivity contribution is 5.92. The summed E-state index contributed by atoms with van der Waals surface area (Å²) in [6.45, 7) is 5.45. The molecule has 0 spiro atoms. The largest absolute Gasteiger partial charge is 0.494 e. The highest BCUT2D eigenvalue weighted by Crippen LogP contribution is 2.49. The molecule has 0 fully saturated rings. The van der Waals surface area contributed by atoms with Gasteiger partial charge in [-0.2, -0.15) is 5.26 Å². The molecule has 32 heavy (non-hydrogen) atoms. The number of fused-ring (bicyclic) bond motifs is 1. The quantitative estimate of drug-likeness (QED) is 0.546. The number of anilines is 2. The van der Waals surface area contributed by atoms with Gasteiger partial charge in [-0.05, 0) is 48.7 Å². The summed E-state index contributed by atoms with van der Waals surface area (Å²) in [5.74, 6) is 0.503. The molecule has 5 heteroatoms. The van der Waals surface area contributed by atoms with E-state index in [4.69, 9.17) is 4.74 Å². The molecule has 0 saturated heterocycles. The third-order valence-corrected chi connectivity index (χ3v) is 5.83. The topological polar surface area (TPSA) is 65.4 Å². The van der Waals surface area contributed by atoms with E-state index < -0.39 is 0 Å². The molecule has 0 aromatic heterocycles. The zero-order valence-electron chi connectivity index (χ0n) is 18.4. The van der Waals surface area contributed by atoms with E-state index in [1.54, 1.807) is 0 Å². The van der Waals surface area contributed by atoms with E-state index in [9.17, 15) is 10.1 Å².